The van der Waals surface area contributed by atoms with Gasteiger partial charge in [0.25, 0.3) is 0 Å². The molecular weight excluding hydrogens is 208 g/mol. The number of halogens is 2. The van der Waals surface area contributed by atoms with E-state index in [1.165, 1.54) is 0 Å². The standard InChI is InChI=1S/C5H10Cl2NO2P/c6-2-4-8-3-1-5-10-11(8,7)9/h1-5H2. The van der Waals surface area contributed by atoms with Gasteiger partial charge < -0.3 is 4.52 Å². The molecule has 1 unspecified atom stereocenters. The van der Waals surface area contributed by atoms with Crippen molar-refractivity contribution in [3.8, 4) is 0 Å². The summed E-state index contributed by atoms with van der Waals surface area (Å²) < 4.78 is 17.9. The van der Waals surface area contributed by atoms with Gasteiger partial charge >= 0.3 is 6.87 Å². The first-order chi connectivity index (χ1) is 5.17. The van der Waals surface area contributed by atoms with Gasteiger partial charge in [-0.05, 0) is 17.7 Å². The predicted molar refractivity (Wildman–Crippen MR) is 46.3 cm³/mol. The van der Waals surface area contributed by atoms with E-state index in [1.54, 1.807) is 4.67 Å². The molecule has 0 N–H and O–H groups in total. The van der Waals surface area contributed by atoms with E-state index >= 15 is 0 Å². The summed E-state index contributed by atoms with van der Waals surface area (Å²) in [7, 11) is 0. The van der Waals surface area contributed by atoms with Crippen molar-refractivity contribution in [1.82, 2.24) is 4.67 Å². The van der Waals surface area contributed by atoms with E-state index in [4.69, 9.17) is 27.4 Å². The van der Waals surface area contributed by atoms with E-state index in [1.807, 2.05) is 0 Å². The first-order valence-corrected chi connectivity index (χ1v) is 6.44. The molecule has 0 aromatic rings. The molecule has 1 aliphatic rings. The lowest BCUT2D eigenvalue weighted by Crippen LogP contribution is -2.27. The summed E-state index contributed by atoms with van der Waals surface area (Å²) in [5.41, 5.74) is 0. The van der Waals surface area contributed by atoms with Crippen molar-refractivity contribution in [3.63, 3.8) is 0 Å². The topological polar surface area (TPSA) is 29.5 Å². The van der Waals surface area contributed by atoms with Gasteiger partial charge in [-0.1, -0.05) is 0 Å². The molecule has 0 aromatic heterocycles. The van der Waals surface area contributed by atoms with Crippen LogP contribution in [0, 0.1) is 0 Å². The van der Waals surface area contributed by atoms with Crippen molar-refractivity contribution in [2.24, 2.45) is 0 Å². The van der Waals surface area contributed by atoms with Crippen LogP contribution in [-0.4, -0.2) is 30.2 Å². The highest BCUT2D eigenvalue weighted by Gasteiger charge is 2.31. The minimum Gasteiger partial charge on any atom is -0.306 e. The highest BCUT2D eigenvalue weighted by atomic mass is 35.7. The largest absolute Gasteiger partial charge is 0.363 e. The molecule has 0 radical (unpaired) electrons. The average molecular weight is 218 g/mol. The fourth-order valence-corrected chi connectivity index (χ4v) is 3.17. The van der Waals surface area contributed by atoms with Gasteiger partial charge in [-0.3, -0.25) is 4.57 Å². The first-order valence-electron chi connectivity index (χ1n) is 3.42. The van der Waals surface area contributed by atoms with Gasteiger partial charge in [0.15, 0.2) is 0 Å². The molecule has 1 heterocycles. The molecule has 6 heteroatoms. The third kappa shape index (κ3) is 2.60. The van der Waals surface area contributed by atoms with E-state index in [0.29, 0.717) is 25.6 Å². The molecule has 1 atom stereocenters. The second-order valence-corrected chi connectivity index (χ2v) is 5.67. The van der Waals surface area contributed by atoms with Gasteiger partial charge in [0.05, 0.1) is 6.61 Å². The maximum Gasteiger partial charge on any atom is 0.363 e. The molecule has 1 fully saturated rings. The third-order valence-corrected chi connectivity index (χ3v) is 4.17. The SMILES string of the molecule is O=P1(Cl)OCCCN1CCCl. The lowest BCUT2D eigenvalue weighted by molar-refractivity contribution is 0.222. The van der Waals surface area contributed by atoms with Crippen LogP contribution in [0.5, 0.6) is 0 Å². The number of hydrogen-bond donors (Lipinski definition) is 0. The maximum atomic E-state index is 11.4. The van der Waals surface area contributed by atoms with Crippen molar-refractivity contribution in [1.29, 1.82) is 0 Å². The molecule has 1 saturated heterocycles. The smallest absolute Gasteiger partial charge is 0.306 e. The number of alkyl halides is 1. The normalized spacial score (nSPS) is 34.0. The number of hydrogen-bond acceptors (Lipinski definition) is 2. The summed E-state index contributed by atoms with van der Waals surface area (Å²) in [6.07, 6.45) is 0.869. The molecular formula is C5H10Cl2NO2P. The number of nitrogens with zero attached hydrogens (tertiary/aromatic N) is 1. The van der Waals surface area contributed by atoms with Crippen molar-refractivity contribution < 1.29 is 9.09 Å². The molecule has 0 bridgehead atoms. The summed E-state index contributed by atoms with van der Waals surface area (Å²) in [6.45, 7) is -1.26. The van der Waals surface area contributed by atoms with E-state index in [2.05, 4.69) is 0 Å². The maximum absolute atomic E-state index is 11.4. The minimum atomic E-state index is -2.99. The zero-order valence-electron chi connectivity index (χ0n) is 6.00. The fraction of sp³-hybridized carbons (Fsp3) is 1.00. The molecule has 66 valence electrons. The summed E-state index contributed by atoms with van der Waals surface area (Å²) in [4.78, 5) is 0. The molecule has 0 aromatic carbocycles. The Bertz CT molecular complexity index is 176. The van der Waals surface area contributed by atoms with Crippen LogP contribution in [0.2, 0.25) is 0 Å². The lowest BCUT2D eigenvalue weighted by Gasteiger charge is -2.29. The van der Waals surface area contributed by atoms with E-state index in [-0.39, 0.29) is 0 Å². The van der Waals surface area contributed by atoms with E-state index in [0.717, 1.165) is 6.42 Å². The van der Waals surface area contributed by atoms with Crippen LogP contribution in [0.25, 0.3) is 0 Å². The molecule has 11 heavy (non-hydrogen) atoms. The van der Waals surface area contributed by atoms with Crippen LogP contribution in [0.3, 0.4) is 0 Å². The van der Waals surface area contributed by atoms with Crippen molar-refractivity contribution in [2.45, 2.75) is 6.42 Å². The van der Waals surface area contributed by atoms with Gasteiger partial charge in [-0.15, -0.1) is 11.6 Å². The molecule has 1 rings (SSSR count). The van der Waals surface area contributed by atoms with Crippen LogP contribution in [0.1, 0.15) is 6.42 Å². The zero-order valence-corrected chi connectivity index (χ0v) is 8.41. The Balaban J connectivity index is 2.53. The molecule has 0 spiro atoms. The summed E-state index contributed by atoms with van der Waals surface area (Å²) in [5, 5.41) is 0. The van der Waals surface area contributed by atoms with Crippen LogP contribution < -0.4 is 0 Å². The van der Waals surface area contributed by atoms with Gasteiger partial charge in [0, 0.05) is 19.0 Å². The third-order valence-electron chi connectivity index (χ3n) is 1.49. The molecule has 0 saturated carbocycles. The molecule has 3 nitrogen and oxygen atoms in total. The Labute approximate surface area is 75.9 Å². The Hall–Kier alpha value is 0.730. The van der Waals surface area contributed by atoms with E-state index < -0.39 is 6.87 Å². The monoisotopic (exact) mass is 217 g/mol. The van der Waals surface area contributed by atoms with Gasteiger partial charge in [-0.25, -0.2) is 4.67 Å². The van der Waals surface area contributed by atoms with E-state index in [9.17, 15) is 4.57 Å². The fourth-order valence-electron chi connectivity index (χ4n) is 0.954. The second-order valence-electron chi connectivity index (χ2n) is 2.28. The average Bonchev–Trinajstić information content (AvgIpc) is 1.94. The molecule has 0 amide bonds. The Morgan fingerprint density at radius 2 is 2.36 bits per heavy atom. The highest BCUT2D eigenvalue weighted by Crippen LogP contribution is 2.57. The second kappa shape index (κ2) is 4.11. The van der Waals surface area contributed by atoms with Gasteiger partial charge in [-0.2, -0.15) is 0 Å². The van der Waals surface area contributed by atoms with Crippen LogP contribution in [0.4, 0.5) is 0 Å². The predicted octanol–water partition coefficient (Wildman–Crippen LogP) is 2.29. The van der Waals surface area contributed by atoms with Crippen LogP contribution in [-0.2, 0) is 9.09 Å². The van der Waals surface area contributed by atoms with Gasteiger partial charge in [0.1, 0.15) is 0 Å². The zero-order chi connectivity index (χ0) is 8.32. The summed E-state index contributed by atoms with van der Waals surface area (Å²) >= 11 is 11.1. The molecule has 0 aliphatic carbocycles. The molecule has 1 aliphatic heterocycles. The summed E-state index contributed by atoms with van der Waals surface area (Å²) in [6, 6.07) is 0. The first kappa shape index (κ1) is 9.82. The highest BCUT2D eigenvalue weighted by molar-refractivity contribution is 7.83. The van der Waals surface area contributed by atoms with Crippen LogP contribution in [0.15, 0.2) is 0 Å². The summed E-state index contributed by atoms with van der Waals surface area (Å²) in [5.74, 6) is 0.431. The van der Waals surface area contributed by atoms with Crippen molar-refractivity contribution in [2.75, 3.05) is 25.6 Å². The van der Waals surface area contributed by atoms with Crippen LogP contribution >= 0.6 is 29.7 Å². The Morgan fingerprint density at radius 3 is 2.91 bits per heavy atom. The Kier molecular flexibility index (Phi) is 3.66. The number of rotatable bonds is 2. The quantitative estimate of drug-likeness (QED) is 0.526. The Morgan fingerprint density at radius 1 is 1.64 bits per heavy atom. The van der Waals surface area contributed by atoms with Gasteiger partial charge in [0.2, 0.25) is 0 Å². The minimum absolute atomic E-state index is 0.431. The van der Waals surface area contributed by atoms with Crippen molar-refractivity contribution in [3.05, 3.63) is 0 Å². The van der Waals surface area contributed by atoms with Crippen molar-refractivity contribution >= 4 is 29.7 Å². The lowest BCUT2D eigenvalue weighted by atomic mass is 10.4.